The van der Waals surface area contributed by atoms with Gasteiger partial charge in [-0.25, -0.2) is 4.98 Å². The molecule has 2 aromatic heterocycles. The van der Waals surface area contributed by atoms with Crippen molar-refractivity contribution in [1.29, 1.82) is 0 Å². The monoisotopic (exact) mass is 315 g/mol. The van der Waals surface area contributed by atoms with Crippen LogP contribution in [0.3, 0.4) is 0 Å². The largest absolute Gasteiger partial charge is 0.351 e. The molecule has 0 saturated carbocycles. The van der Waals surface area contributed by atoms with Crippen LogP contribution in [-0.4, -0.2) is 17.9 Å². The Morgan fingerprint density at radius 2 is 2.26 bits per heavy atom. The molecule has 0 bridgehead atoms. The van der Waals surface area contributed by atoms with Gasteiger partial charge in [-0.15, -0.1) is 22.7 Å². The predicted octanol–water partition coefficient (Wildman–Crippen LogP) is 2.44. The summed E-state index contributed by atoms with van der Waals surface area (Å²) in [6.07, 6.45) is 0.327. The van der Waals surface area contributed by atoms with Gasteiger partial charge in [-0.05, 0) is 19.2 Å². The van der Waals surface area contributed by atoms with Gasteiger partial charge in [-0.3, -0.25) is 4.79 Å². The first kappa shape index (κ1) is 14.5. The third kappa shape index (κ3) is 4.58. The van der Waals surface area contributed by atoms with Crippen LogP contribution in [-0.2, 0) is 24.3 Å². The number of nitrogens with zero attached hydrogens (tertiary/aromatic N) is 1. The van der Waals surface area contributed by atoms with E-state index in [-0.39, 0.29) is 5.91 Å². The Labute approximate surface area is 124 Å². The number of hydrogen-bond donors (Lipinski definition) is 2. The summed E-state index contributed by atoms with van der Waals surface area (Å²) >= 11 is 8.82. The van der Waals surface area contributed by atoms with Crippen LogP contribution in [0.25, 0.3) is 0 Å². The Bertz CT molecular complexity index is 553. The summed E-state index contributed by atoms with van der Waals surface area (Å²) in [5.74, 6) is -0.0186. The second-order valence-electron chi connectivity index (χ2n) is 3.92. The lowest BCUT2D eigenvalue weighted by Crippen LogP contribution is -2.24. The van der Waals surface area contributed by atoms with Crippen LogP contribution >= 0.6 is 34.3 Å². The Kier molecular flexibility index (Phi) is 5.33. The second-order valence-corrected chi connectivity index (χ2v) is 6.66. The van der Waals surface area contributed by atoms with Gasteiger partial charge in [0.05, 0.1) is 23.0 Å². The molecule has 0 aliphatic heterocycles. The van der Waals surface area contributed by atoms with E-state index < -0.39 is 0 Å². The molecule has 0 unspecified atom stereocenters. The predicted molar refractivity (Wildman–Crippen MR) is 79.8 cm³/mol. The third-order valence-corrected chi connectivity index (χ3v) is 4.49. The molecule has 102 valence electrons. The molecule has 0 spiro atoms. The van der Waals surface area contributed by atoms with Crippen LogP contribution in [0.2, 0.25) is 4.34 Å². The van der Waals surface area contributed by atoms with E-state index >= 15 is 0 Å². The molecule has 1 amide bonds. The number of aromatic nitrogens is 1. The smallest absolute Gasteiger partial charge is 0.227 e. The van der Waals surface area contributed by atoms with Gasteiger partial charge in [0, 0.05) is 16.8 Å². The number of carbonyl (C=O) groups is 1. The lowest BCUT2D eigenvalue weighted by Gasteiger charge is -2.01. The topological polar surface area (TPSA) is 54.0 Å². The molecule has 0 aromatic carbocycles. The lowest BCUT2D eigenvalue weighted by molar-refractivity contribution is -0.120. The fourth-order valence-corrected chi connectivity index (χ4v) is 3.34. The van der Waals surface area contributed by atoms with Crippen molar-refractivity contribution in [2.45, 2.75) is 19.5 Å². The summed E-state index contributed by atoms with van der Waals surface area (Å²) in [7, 11) is 1.87. The molecule has 4 nitrogen and oxygen atoms in total. The number of halogens is 1. The molecule has 2 heterocycles. The highest BCUT2D eigenvalue weighted by atomic mass is 35.5. The summed E-state index contributed by atoms with van der Waals surface area (Å²) in [6, 6.07) is 3.75. The first-order chi connectivity index (χ1) is 9.17. The maximum absolute atomic E-state index is 11.8. The van der Waals surface area contributed by atoms with Crippen molar-refractivity contribution in [3.8, 4) is 0 Å². The maximum Gasteiger partial charge on any atom is 0.227 e. The van der Waals surface area contributed by atoms with Crippen molar-refractivity contribution in [3.63, 3.8) is 0 Å². The molecule has 0 aliphatic rings. The number of thiazole rings is 1. The van der Waals surface area contributed by atoms with E-state index in [0.29, 0.717) is 13.0 Å². The first-order valence-corrected chi connectivity index (χ1v) is 7.83. The van der Waals surface area contributed by atoms with E-state index in [1.54, 1.807) is 0 Å². The average molecular weight is 316 g/mol. The van der Waals surface area contributed by atoms with Gasteiger partial charge in [-0.1, -0.05) is 11.6 Å². The second kappa shape index (κ2) is 7.00. The molecular weight excluding hydrogens is 302 g/mol. The third-order valence-electron chi connectivity index (χ3n) is 2.36. The Morgan fingerprint density at radius 3 is 2.95 bits per heavy atom. The molecule has 0 aliphatic carbocycles. The molecule has 7 heteroatoms. The van der Waals surface area contributed by atoms with Gasteiger partial charge in [0.1, 0.15) is 5.01 Å². The minimum atomic E-state index is -0.0186. The van der Waals surface area contributed by atoms with Gasteiger partial charge >= 0.3 is 0 Å². The first-order valence-electron chi connectivity index (χ1n) is 5.76. The van der Waals surface area contributed by atoms with E-state index in [1.165, 1.54) is 22.7 Å². The van der Waals surface area contributed by atoms with Crippen molar-refractivity contribution in [1.82, 2.24) is 15.6 Å². The minimum Gasteiger partial charge on any atom is -0.351 e. The van der Waals surface area contributed by atoms with Crippen molar-refractivity contribution in [3.05, 3.63) is 37.4 Å². The van der Waals surface area contributed by atoms with Gasteiger partial charge < -0.3 is 10.6 Å². The molecule has 2 rings (SSSR count). The fraction of sp³-hybridized carbons (Fsp3) is 0.333. The van der Waals surface area contributed by atoms with Crippen molar-refractivity contribution in [2.75, 3.05) is 7.05 Å². The summed E-state index contributed by atoms with van der Waals surface area (Å²) in [5, 5.41) is 8.71. The Morgan fingerprint density at radius 1 is 1.42 bits per heavy atom. The van der Waals surface area contributed by atoms with Gasteiger partial charge in [0.15, 0.2) is 0 Å². The van der Waals surface area contributed by atoms with Gasteiger partial charge in [-0.2, -0.15) is 0 Å². The summed E-state index contributed by atoms with van der Waals surface area (Å²) < 4.78 is 0.737. The average Bonchev–Trinajstić information content (AvgIpc) is 2.97. The molecule has 0 saturated heterocycles. The number of hydrogen-bond acceptors (Lipinski definition) is 5. The number of thiophene rings is 1. The quantitative estimate of drug-likeness (QED) is 0.861. The Hall–Kier alpha value is -0.950. The van der Waals surface area contributed by atoms with Crippen LogP contribution in [0.4, 0.5) is 0 Å². The summed E-state index contributed by atoms with van der Waals surface area (Å²) in [4.78, 5) is 17.2. The molecule has 19 heavy (non-hydrogen) atoms. The number of rotatable bonds is 6. The van der Waals surface area contributed by atoms with Crippen LogP contribution in [0.5, 0.6) is 0 Å². The van der Waals surface area contributed by atoms with Gasteiger partial charge in [0.25, 0.3) is 0 Å². The Balaban J connectivity index is 1.80. The molecule has 0 atom stereocenters. The van der Waals surface area contributed by atoms with E-state index in [0.717, 1.165) is 26.5 Å². The standard InChI is InChI=1S/C12H14ClN3OS2/c1-14-5-8-7-18-12(16-8)4-11(17)15-6-9-2-3-10(13)19-9/h2-3,7,14H,4-6H2,1H3,(H,15,17). The fourth-order valence-electron chi connectivity index (χ4n) is 1.52. The van der Waals surface area contributed by atoms with Gasteiger partial charge in [0.2, 0.25) is 5.91 Å². The molecular formula is C12H14ClN3OS2. The lowest BCUT2D eigenvalue weighted by atomic mass is 10.4. The zero-order chi connectivity index (χ0) is 13.7. The normalized spacial score (nSPS) is 10.6. The summed E-state index contributed by atoms with van der Waals surface area (Å²) in [6.45, 7) is 1.25. The SMILES string of the molecule is CNCc1csc(CC(=O)NCc2ccc(Cl)s2)n1. The number of carbonyl (C=O) groups excluding carboxylic acids is 1. The molecule has 0 radical (unpaired) electrons. The highest BCUT2D eigenvalue weighted by Gasteiger charge is 2.08. The highest BCUT2D eigenvalue weighted by Crippen LogP contribution is 2.21. The molecule has 2 N–H and O–H groups in total. The van der Waals surface area contributed by atoms with Crippen LogP contribution in [0.15, 0.2) is 17.5 Å². The van der Waals surface area contributed by atoms with E-state index in [1.807, 2.05) is 24.6 Å². The minimum absolute atomic E-state index is 0.0186. The molecule has 2 aromatic rings. The number of nitrogens with one attached hydrogen (secondary N) is 2. The zero-order valence-electron chi connectivity index (χ0n) is 10.4. The van der Waals surface area contributed by atoms with E-state index in [9.17, 15) is 4.79 Å². The van der Waals surface area contributed by atoms with Crippen molar-refractivity contribution in [2.24, 2.45) is 0 Å². The number of amides is 1. The highest BCUT2D eigenvalue weighted by molar-refractivity contribution is 7.16. The van der Waals surface area contributed by atoms with E-state index in [2.05, 4.69) is 15.6 Å². The van der Waals surface area contributed by atoms with E-state index in [4.69, 9.17) is 11.6 Å². The maximum atomic E-state index is 11.8. The van der Waals surface area contributed by atoms with Crippen LogP contribution in [0, 0.1) is 0 Å². The summed E-state index contributed by atoms with van der Waals surface area (Å²) in [5.41, 5.74) is 0.973. The van der Waals surface area contributed by atoms with Crippen molar-refractivity contribution >= 4 is 40.2 Å². The zero-order valence-corrected chi connectivity index (χ0v) is 12.8. The van der Waals surface area contributed by atoms with Crippen molar-refractivity contribution < 1.29 is 4.79 Å². The van der Waals surface area contributed by atoms with Crippen LogP contribution in [0.1, 0.15) is 15.6 Å². The molecule has 0 fully saturated rings. The van der Waals surface area contributed by atoms with Crippen LogP contribution < -0.4 is 10.6 Å².